The van der Waals surface area contributed by atoms with Crippen molar-refractivity contribution in [1.29, 1.82) is 0 Å². The average Bonchev–Trinajstić information content (AvgIpc) is 2.21. The average molecular weight is 259 g/mol. The molecular formula is C6H14NO8P. The Hall–Kier alpha value is -0.380. The summed E-state index contributed by atoms with van der Waals surface area (Å²) in [6, 6.07) is -1.50. The van der Waals surface area contributed by atoms with Crippen LogP contribution in [0.15, 0.2) is 0 Å². The fourth-order valence-electron chi connectivity index (χ4n) is 0.922. The van der Waals surface area contributed by atoms with Gasteiger partial charge in [-0.15, -0.1) is 0 Å². The molecule has 0 saturated heterocycles. The number of carbonyl (C=O) groups excluding carboxylic acids is 1. The first-order chi connectivity index (χ1) is 7.22. The number of aliphatic hydroxyl groups excluding tert-OH is 3. The monoisotopic (exact) mass is 259 g/mol. The molecule has 0 heterocycles. The van der Waals surface area contributed by atoms with E-state index < -0.39 is 38.8 Å². The Labute approximate surface area is 90.7 Å². The summed E-state index contributed by atoms with van der Waals surface area (Å²) in [6.45, 7) is -0.923. The first-order valence-electron chi connectivity index (χ1n) is 4.14. The van der Waals surface area contributed by atoms with Gasteiger partial charge in [0.25, 0.3) is 0 Å². The third-order valence-electron chi connectivity index (χ3n) is 1.71. The maximum atomic E-state index is 10.5. The van der Waals surface area contributed by atoms with Gasteiger partial charge >= 0.3 is 7.82 Å². The minimum atomic E-state index is -5.00. The van der Waals surface area contributed by atoms with Crippen molar-refractivity contribution in [3.8, 4) is 0 Å². The number of phosphoric acid groups is 1. The Kier molecular flexibility index (Phi) is 6.23. The van der Waals surface area contributed by atoms with Crippen LogP contribution in [0.25, 0.3) is 0 Å². The predicted molar refractivity (Wildman–Crippen MR) is 50.1 cm³/mol. The van der Waals surface area contributed by atoms with Crippen molar-refractivity contribution >= 4 is 14.1 Å². The summed E-state index contributed by atoms with van der Waals surface area (Å²) in [5, 5.41) is 27.1. The second-order valence-electron chi connectivity index (χ2n) is 3.01. The van der Waals surface area contributed by atoms with Crippen molar-refractivity contribution in [3.63, 3.8) is 0 Å². The highest BCUT2D eigenvalue weighted by atomic mass is 31.2. The Bertz CT molecular complexity index is 267. The quantitative estimate of drug-likeness (QED) is 0.202. The highest BCUT2D eigenvalue weighted by Crippen LogP contribution is 2.39. The predicted octanol–water partition coefficient (Wildman–Crippen LogP) is -3.30. The van der Waals surface area contributed by atoms with E-state index >= 15 is 0 Å². The van der Waals surface area contributed by atoms with E-state index in [2.05, 4.69) is 4.52 Å². The second-order valence-corrected chi connectivity index (χ2v) is 4.21. The van der Waals surface area contributed by atoms with E-state index in [1.165, 1.54) is 0 Å². The Balaban J connectivity index is 4.79. The van der Waals surface area contributed by atoms with E-state index in [4.69, 9.17) is 25.7 Å². The van der Waals surface area contributed by atoms with Crippen LogP contribution >= 0.6 is 7.82 Å². The molecule has 0 aliphatic rings. The molecule has 96 valence electrons. The van der Waals surface area contributed by atoms with Crippen LogP contribution in [-0.2, 0) is 13.9 Å². The van der Waals surface area contributed by atoms with Gasteiger partial charge in [0.15, 0.2) is 0 Å². The smallest absolute Gasteiger partial charge is 0.394 e. The molecule has 10 heteroatoms. The van der Waals surface area contributed by atoms with Crippen LogP contribution in [0, 0.1) is 0 Å². The molecule has 0 aliphatic carbocycles. The van der Waals surface area contributed by atoms with Crippen LogP contribution in [0.5, 0.6) is 0 Å². The lowest BCUT2D eigenvalue weighted by Crippen LogP contribution is -2.50. The molecule has 9 nitrogen and oxygen atoms in total. The second kappa shape index (κ2) is 6.38. The van der Waals surface area contributed by atoms with Gasteiger partial charge in [-0.1, -0.05) is 0 Å². The highest BCUT2D eigenvalue weighted by Gasteiger charge is 2.36. The van der Waals surface area contributed by atoms with E-state index in [1.54, 1.807) is 0 Å². The lowest BCUT2D eigenvalue weighted by molar-refractivity contribution is -0.117. The third-order valence-corrected chi connectivity index (χ3v) is 2.23. The lowest BCUT2D eigenvalue weighted by atomic mass is 10.0. The summed E-state index contributed by atoms with van der Waals surface area (Å²) in [4.78, 5) is 27.2. The minimum absolute atomic E-state index is 0.116. The number of aldehydes is 1. The van der Waals surface area contributed by atoms with E-state index in [0.717, 1.165) is 0 Å². The topological polar surface area (TPSA) is 171 Å². The lowest BCUT2D eigenvalue weighted by Gasteiger charge is -2.28. The first-order valence-corrected chi connectivity index (χ1v) is 5.67. The van der Waals surface area contributed by atoms with Gasteiger partial charge in [0, 0.05) is 0 Å². The van der Waals surface area contributed by atoms with Crippen molar-refractivity contribution in [2.24, 2.45) is 5.73 Å². The molecule has 0 radical (unpaired) electrons. The number of rotatable bonds is 7. The molecule has 7 N–H and O–H groups in total. The maximum Gasteiger partial charge on any atom is 0.470 e. The van der Waals surface area contributed by atoms with Crippen LogP contribution in [-0.4, -0.2) is 62.4 Å². The molecule has 0 fully saturated rings. The van der Waals surface area contributed by atoms with Crippen LogP contribution < -0.4 is 5.73 Å². The molecule has 4 atom stereocenters. The number of aliphatic hydroxyl groups is 3. The maximum absolute atomic E-state index is 10.5. The Morgan fingerprint density at radius 3 is 2.19 bits per heavy atom. The molecule has 0 aliphatic heterocycles. The summed E-state index contributed by atoms with van der Waals surface area (Å²) in [5.74, 6) is 0. The number of carbonyl (C=O) groups is 1. The number of nitrogens with two attached hydrogens (primary N) is 1. The van der Waals surface area contributed by atoms with E-state index in [0.29, 0.717) is 0 Å². The number of hydrogen-bond acceptors (Lipinski definition) is 7. The summed E-state index contributed by atoms with van der Waals surface area (Å²) >= 11 is 0. The third kappa shape index (κ3) is 5.10. The fraction of sp³-hybridized carbons (Fsp3) is 0.833. The van der Waals surface area contributed by atoms with Gasteiger partial charge in [0.05, 0.1) is 12.6 Å². The van der Waals surface area contributed by atoms with E-state index in [9.17, 15) is 14.5 Å². The van der Waals surface area contributed by atoms with Gasteiger partial charge in [-0.2, -0.15) is 0 Å². The highest BCUT2D eigenvalue weighted by molar-refractivity contribution is 7.46. The van der Waals surface area contributed by atoms with Crippen molar-refractivity contribution < 1.29 is 39.0 Å². The summed E-state index contributed by atoms with van der Waals surface area (Å²) in [5.41, 5.74) is 5.08. The van der Waals surface area contributed by atoms with Gasteiger partial charge < -0.3 is 35.6 Å². The van der Waals surface area contributed by atoms with E-state index in [1.807, 2.05) is 0 Å². The number of phosphoric ester groups is 1. The molecule has 16 heavy (non-hydrogen) atoms. The molecule has 0 rings (SSSR count). The molecule has 0 amide bonds. The molecule has 0 unspecified atom stereocenters. The molecule has 0 aromatic carbocycles. The molecule has 0 aromatic heterocycles. The zero-order valence-electron chi connectivity index (χ0n) is 8.08. The summed E-state index contributed by atoms with van der Waals surface area (Å²) in [7, 11) is -5.00. The van der Waals surface area contributed by atoms with Gasteiger partial charge in [0.2, 0.25) is 0 Å². The van der Waals surface area contributed by atoms with Crippen LogP contribution in [0.2, 0.25) is 0 Å². The number of hydrogen-bond donors (Lipinski definition) is 6. The van der Waals surface area contributed by atoms with Crippen LogP contribution in [0.4, 0.5) is 0 Å². The van der Waals surface area contributed by atoms with E-state index in [-0.39, 0.29) is 6.29 Å². The normalized spacial score (nSPS) is 19.9. The molecular weight excluding hydrogens is 245 g/mol. The molecule has 0 saturated carbocycles. The SMILES string of the molecule is N[C@@H](C=O)[C@@H](O)[C@@H](OP(=O)(O)O)[C@H](O)CO. The Morgan fingerprint density at radius 2 is 1.88 bits per heavy atom. The van der Waals surface area contributed by atoms with Gasteiger partial charge in [-0.3, -0.25) is 4.52 Å². The molecule has 0 spiro atoms. The Morgan fingerprint density at radius 1 is 1.38 bits per heavy atom. The van der Waals surface area contributed by atoms with Crippen molar-refractivity contribution in [3.05, 3.63) is 0 Å². The van der Waals surface area contributed by atoms with Crippen molar-refractivity contribution in [1.82, 2.24) is 0 Å². The van der Waals surface area contributed by atoms with Crippen LogP contribution in [0.3, 0.4) is 0 Å². The van der Waals surface area contributed by atoms with Crippen LogP contribution in [0.1, 0.15) is 0 Å². The summed E-state index contributed by atoms with van der Waals surface area (Å²) < 4.78 is 14.6. The molecule has 0 aromatic rings. The van der Waals surface area contributed by atoms with Gasteiger partial charge in [-0.05, 0) is 0 Å². The van der Waals surface area contributed by atoms with Gasteiger partial charge in [-0.25, -0.2) is 4.57 Å². The zero-order chi connectivity index (χ0) is 12.9. The summed E-state index contributed by atoms with van der Waals surface area (Å²) in [6.07, 6.45) is -5.39. The van der Waals surface area contributed by atoms with Crippen molar-refractivity contribution in [2.75, 3.05) is 6.61 Å². The fourth-order valence-corrected chi connectivity index (χ4v) is 1.50. The van der Waals surface area contributed by atoms with Gasteiger partial charge in [0.1, 0.15) is 24.6 Å². The minimum Gasteiger partial charge on any atom is -0.394 e. The first kappa shape index (κ1) is 15.6. The zero-order valence-corrected chi connectivity index (χ0v) is 8.97. The molecule has 0 bridgehead atoms. The van der Waals surface area contributed by atoms with Crippen molar-refractivity contribution in [2.45, 2.75) is 24.4 Å². The standard InChI is InChI=1S/C6H14NO8P/c7-3(1-8)5(11)6(4(10)2-9)15-16(12,13)14/h1,3-6,9-11H,2,7H2,(H2,12,13,14)/t3-,4+,5+,6-/m0/s1. The largest absolute Gasteiger partial charge is 0.470 e.